The second-order valence-corrected chi connectivity index (χ2v) is 5.45. The van der Waals surface area contributed by atoms with Crippen molar-refractivity contribution in [2.24, 2.45) is 5.84 Å². The maximum absolute atomic E-state index is 5.67. The zero-order chi connectivity index (χ0) is 14.7. The molecule has 7 nitrogen and oxygen atoms in total. The van der Waals surface area contributed by atoms with Gasteiger partial charge in [0.25, 0.3) is 0 Å². The number of aromatic nitrogens is 2. The van der Waals surface area contributed by atoms with Gasteiger partial charge >= 0.3 is 0 Å². The second kappa shape index (κ2) is 6.06. The smallest absolute Gasteiger partial charge is 0.223 e. The van der Waals surface area contributed by atoms with Gasteiger partial charge in [0.1, 0.15) is 10.8 Å². The zero-order valence-electron chi connectivity index (χ0n) is 11.2. The minimum absolute atomic E-state index is 0.169. The zero-order valence-corrected chi connectivity index (χ0v) is 12.0. The van der Waals surface area contributed by atoms with Crippen molar-refractivity contribution in [3.8, 4) is 11.5 Å². The van der Waals surface area contributed by atoms with Crippen LogP contribution in [0.1, 0.15) is 6.42 Å². The average Bonchev–Trinajstić information content (AvgIpc) is 2.71. The highest BCUT2D eigenvalue weighted by Gasteiger charge is 2.12. The van der Waals surface area contributed by atoms with E-state index in [1.54, 1.807) is 6.07 Å². The predicted octanol–water partition coefficient (Wildman–Crippen LogP) is 1.66. The van der Waals surface area contributed by atoms with Crippen molar-refractivity contribution < 1.29 is 9.47 Å². The first-order valence-electron chi connectivity index (χ1n) is 6.43. The van der Waals surface area contributed by atoms with Gasteiger partial charge in [0, 0.05) is 17.4 Å². The van der Waals surface area contributed by atoms with E-state index in [1.165, 1.54) is 11.8 Å². The van der Waals surface area contributed by atoms with Crippen molar-refractivity contribution in [3.05, 3.63) is 24.3 Å². The van der Waals surface area contributed by atoms with E-state index < -0.39 is 0 Å². The Morgan fingerprint density at radius 1 is 1.10 bits per heavy atom. The molecule has 0 radical (unpaired) electrons. The Bertz CT molecular complexity index is 652. The summed E-state index contributed by atoms with van der Waals surface area (Å²) in [5.41, 5.74) is 8.11. The Morgan fingerprint density at radius 2 is 1.90 bits per heavy atom. The number of nitrogens with two attached hydrogens (primary N) is 2. The third-order valence-electron chi connectivity index (χ3n) is 2.81. The number of ether oxygens (including phenoxy) is 2. The summed E-state index contributed by atoms with van der Waals surface area (Å²) in [7, 11) is 0. The number of hydrogen-bond acceptors (Lipinski definition) is 8. The SMILES string of the molecule is NNc1cc(Sc2ccc3c(c2)OCCCO3)nc(N)n1. The first-order chi connectivity index (χ1) is 10.2. The van der Waals surface area contributed by atoms with Crippen LogP contribution in [-0.2, 0) is 0 Å². The van der Waals surface area contributed by atoms with Crippen LogP contribution in [0.15, 0.2) is 34.2 Å². The molecule has 110 valence electrons. The molecule has 0 unspecified atom stereocenters. The highest BCUT2D eigenvalue weighted by Crippen LogP contribution is 2.36. The molecule has 0 fully saturated rings. The van der Waals surface area contributed by atoms with E-state index in [0.29, 0.717) is 24.1 Å². The molecule has 0 bridgehead atoms. The first-order valence-corrected chi connectivity index (χ1v) is 7.25. The third-order valence-corrected chi connectivity index (χ3v) is 3.72. The second-order valence-electron chi connectivity index (χ2n) is 4.36. The summed E-state index contributed by atoms with van der Waals surface area (Å²) in [4.78, 5) is 9.09. The maximum Gasteiger partial charge on any atom is 0.223 e. The summed E-state index contributed by atoms with van der Waals surface area (Å²) in [5, 5.41) is 0.699. The molecule has 0 saturated heterocycles. The van der Waals surface area contributed by atoms with Crippen LogP contribution in [0.4, 0.5) is 11.8 Å². The van der Waals surface area contributed by atoms with Crippen LogP contribution in [-0.4, -0.2) is 23.2 Å². The Balaban J connectivity index is 1.85. The molecule has 21 heavy (non-hydrogen) atoms. The Hall–Kier alpha value is -2.19. The quantitative estimate of drug-likeness (QED) is 0.446. The fourth-order valence-electron chi connectivity index (χ4n) is 1.90. The lowest BCUT2D eigenvalue weighted by Gasteiger charge is -2.09. The van der Waals surface area contributed by atoms with Crippen molar-refractivity contribution >= 4 is 23.5 Å². The van der Waals surface area contributed by atoms with Gasteiger partial charge in [-0.05, 0) is 18.2 Å². The number of fused-ring (bicyclic) bond motifs is 1. The number of rotatable bonds is 3. The molecule has 8 heteroatoms. The highest BCUT2D eigenvalue weighted by atomic mass is 32.2. The summed E-state index contributed by atoms with van der Waals surface area (Å²) in [6, 6.07) is 7.50. The third kappa shape index (κ3) is 3.29. The normalized spacial score (nSPS) is 13.6. The van der Waals surface area contributed by atoms with Crippen molar-refractivity contribution in [3.63, 3.8) is 0 Å². The van der Waals surface area contributed by atoms with E-state index in [4.69, 9.17) is 21.1 Å². The summed E-state index contributed by atoms with van der Waals surface area (Å²) in [6.45, 7) is 1.33. The van der Waals surface area contributed by atoms with Crippen molar-refractivity contribution in [2.75, 3.05) is 24.4 Å². The summed E-state index contributed by atoms with van der Waals surface area (Å²) in [5.74, 6) is 7.50. The molecule has 0 aliphatic carbocycles. The molecule has 2 heterocycles. The molecule has 0 saturated carbocycles. The van der Waals surface area contributed by atoms with Crippen LogP contribution in [0.2, 0.25) is 0 Å². The minimum atomic E-state index is 0.169. The van der Waals surface area contributed by atoms with E-state index in [9.17, 15) is 0 Å². The summed E-state index contributed by atoms with van der Waals surface area (Å²) >= 11 is 1.45. The van der Waals surface area contributed by atoms with Crippen LogP contribution in [0.25, 0.3) is 0 Å². The maximum atomic E-state index is 5.67. The van der Waals surface area contributed by atoms with E-state index in [0.717, 1.165) is 22.8 Å². The summed E-state index contributed by atoms with van der Waals surface area (Å²) in [6.07, 6.45) is 0.880. The molecular weight excluding hydrogens is 290 g/mol. The summed E-state index contributed by atoms with van der Waals surface area (Å²) < 4.78 is 11.3. The number of nitrogens with zero attached hydrogens (tertiary/aromatic N) is 2. The van der Waals surface area contributed by atoms with Crippen LogP contribution in [0, 0.1) is 0 Å². The molecule has 1 aromatic heterocycles. The lowest BCUT2D eigenvalue weighted by Crippen LogP contribution is -2.10. The van der Waals surface area contributed by atoms with Crippen LogP contribution < -0.4 is 26.5 Å². The topological polar surface area (TPSA) is 108 Å². The van der Waals surface area contributed by atoms with Gasteiger partial charge in [0.05, 0.1) is 13.2 Å². The fraction of sp³-hybridized carbons (Fsp3) is 0.231. The van der Waals surface area contributed by atoms with Crippen LogP contribution in [0.5, 0.6) is 11.5 Å². The van der Waals surface area contributed by atoms with E-state index in [1.807, 2.05) is 18.2 Å². The molecule has 0 amide bonds. The van der Waals surface area contributed by atoms with Gasteiger partial charge in [-0.25, -0.2) is 10.8 Å². The van der Waals surface area contributed by atoms with Gasteiger partial charge in [-0.1, -0.05) is 11.8 Å². The van der Waals surface area contributed by atoms with Gasteiger partial charge in [-0.3, -0.25) is 0 Å². The molecule has 5 N–H and O–H groups in total. The lowest BCUT2D eigenvalue weighted by atomic mass is 10.3. The Kier molecular flexibility index (Phi) is 3.98. The van der Waals surface area contributed by atoms with Gasteiger partial charge in [0.2, 0.25) is 5.95 Å². The monoisotopic (exact) mass is 305 g/mol. The molecule has 1 aliphatic rings. The predicted molar refractivity (Wildman–Crippen MR) is 80.4 cm³/mol. The van der Waals surface area contributed by atoms with Crippen molar-refractivity contribution in [1.29, 1.82) is 0 Å². The Labute approximate surface area is 126 Å². The minimum Gasteiger partial charge on any atom is -0.490 e. The molecule has 1 aromatic carbocycles. The van der Waals surface area contributed by atoms with E-state index in [-0.39, 0.29) is 5.95 Å². The number of hydrogen-bond donors (Lipinski definition) is 3. The molecule has 0 atom stereocenters. The standard InChI is InChI=1S/C13H15N5O2S/c14-13-16-11(18-15)7-12(17-13)21-8-2-3-9-10(6-8)20-5-1-4-19-9/h2-3,6-7H,1,4-5,15H2,(H3,14,16,17,18). The number of benzene rings is 1. The number of nitrogens with one attached hydrogen (secondary N) is 1. The Morgan fingerprint density at radius 3 is 2.71 bits per heavy atom. The van der Waals surface area contributed by atoms with E-state index >= 15 is 0 Å². The number of anilines is 2. The average molecular weight is 305 g/mol. The highest BCUT2D eigenvalue weighted by molar-refractivity contribution is 7.99. The van der Waals surface area contributed by atoms with Crippen molar-refractivity contribution in [2.45, 2.75) is 16.3 Å². The molecule has 0 spiro atoms. The number of nitrogen functional groups attached to an aromatic ring is 2. The van der Waals surface area contributed by atoms with Gasteiger partial charge in [0.15, 0.2) is 11.5 Å². The van der Waals surface area contributed by atoms with Gasteiger partial charge < -0.3 is 20.6 Å². The molecule has 3 rings (SSSR count). The fourth-order valence-corrected chi connectivity index (χ4v) is 2.75. The van der Waals surface area contributed by atoms with E-state index in [2.05, 4.69) is 15.4 Å². The molecule has 2 aromatic rings. The van der Waals surface area contributed by atoms with Crippen molar-refractivity contribution in [1.82, 2.24) is 9.97 Å². The van der Waals surface area contributed by atoms with Gasteiger partial charge in [-0.2, -0.15) is 4.98 Å². The van der Waals surface area contributed by atoms with Crippen LogP contribution >= 0.6 is 11.8 Å². The van der Waals surface area contributed by atoms with Gasteiger partial charge in [-0.15, -0.1) is 0 Å². The molecule has 1 aliphatic heterocycles. The number of hydrazine groups is 1. The van der Waals surface area contributed by atoms with Crippen LogP contribution in [0.3, 0.4) is 0 Å². The first kappa shape index (κ1) is 13.8. The lowest BCUT2D eigenvalue weighted by molar-refractivity contribution is 0.297. The molecular formula is C13H15N5O2S. The largest absolute Gasteiger partial charge is 0.490 e.